The Kier molecular flexibility index (Phi) is 6.73. The van der Waals surface area contributed by atoms with Gasteiger partial charge in [-0.15, -0.1) is 0 Å². The van der Waals surface area contributed by atoms with E-state index in [1.54, 1.807) is 0 Å². The molecule has 0 aliphatic rings. The van der Waals surface area contributed by atoms with Crippen LogP contribution in [0.15, 0.2) is 12.2 Å². The van der Waals surface area contributed by atoms with Crippen molar-refractivity contribution in [3.8, 4) is 0 Å². The Bertz CT molecular complexity index is 132. The smallest absolute Gasteiger partial charge is 0.320 e. The van der Waals surface area contributed by atoms with Crippen LogP contribution in [0.25, 0.3) is 0 Å². The van der Waals surface area contributed by atoms with Crippen molar-refractivity contribution in [2.45, 2.75) is 19.8 Å². The van der Waals surface area contributed by atoms with Gasteiger partial charge in [0.15, 0.2) is 0 Å². The summed E-state index contributed by atoms with van der Waals surface area (Å²) in [5.41, 5.74) is 5.01. The van der Waals surface area contributed by atoms with E-state index < -0.39 is 0 Å². The van der Waals surface area contributed by atoms with E-state index >= 15 is 0 Å². The van der Waals surface area contributed by atoms with Crippen LogP contribution in [0, 0.1) is 0 Å². The van der Waals surface area contributed by atoms with Gasteiger partial charge in [0.2, 0.25) is 0 Å². The second kappa shape index (κ2) is 7.28. The molecule has 2 N–H and O–H groups in total. The highest BCUT2D eigenvalue weighted by molar-refractivity contribution is 5.71. The molecule has 0 aromatic heterocycles. The Balaban J connectivity index is 3.19. The predicted octanol–water partition coefficient (Wildman–Crippen LogP) is 0.845. The minimum atomic E-state index is -0.355. The summed E-state index contributed by atoms with van der Waals surface area (Å²) in [6.07, 6.45) is 5.96. The fourth-order valence-electron chi connectivity index (χ4n) is 0.553. The van der Waals surface area contributed by atoms with Crippen molar-refractivity contribution in [2.75, 3.05) is 13.2 Å². The summed E-state index contributed by atoms with van der Waals surface area (Å²) in [6.45, 7) is 2.40. The number of nitrogens with two attached hydrogens (primary N) is 1. The van der Waals surface area contributed by atoms with Crippen LogP contribution < -0.4 is 5.73 Å². The summed E-state index contributed by atoms with van der Waals surface area (Å²) in [4.78, 5) is 10.5. The summed E-state index contributed by atoms with van der Waals surface area (Å²) in [5, 5.41) is 0. The lowest BCUT2D eigenvalue weighted by Crippen LogP contribution is -2.16. The Labute approximate surface area is 67.2 Å². The lowest BCUT2D eigenvalue weighted by molar-refractivity contribution is -0.140. The molecule has 0 aliphatic carbocycles. The summed E-state index contributed by atoms with van der Waals surface area (Å²) >= 11 is 0. The normalized spacial score (nSPS) is 10.4. The molecule has 11 heavy (non-hydrogen) atoms. The topological polar surface area (TPSA) is 52.3 Å². The molecule has 0 atom stereocenters. The van der Waals surface area contributed by atoms with Gasteiger partial charge in [0.25, 0.3) is 0 Å². The lowest BCUT2D eigenvalue weighted by Gasteiger charge is -1.96. The number of allylic oxidation sites excluding steroid dienone is 1. The fourth-order valence-corrected chi connectivity index (χ4v) is 0.553. The molecule has 0 spiro atoms. The first-order valence-electron chi connectivity index (χ1n) is 3.82. The maximum Gasteiger partial charge on any atom is 0.320 e. The Hall–Kier alpha value is -0.830. The summed E-state index contributed by atoms with van der Waals surface area (Å²) in [7, 11) is 0. The minimum Gasteiger partial charge on any atom is -0.461 e. The third-order valence-corrected chi connectivity index (χ3v) is 1.13. The zero-order chi connectivity index (χ0) is 8.53. The first-order valence-corrected chi connectivity index (χ1v) is 3.82. The van der Waals surface area contributed by atoms with Crippen LogP contribution in [-0.4, -0.2) is 19.1 Å². The second-order valence-corrected chi connectivity index (χ2v) is 2.15. The summed E-state index contributed by atoms with van der Waals surface area (Å²) in [6, 6.07) is 0. The molecule has 64 valence electrons. The van der Waals surface area contributed by atoms with Gasteiger partial charge in [-0.05, 0) is 6.42 Å². The molecule has 0 saturated carbocycles. The van der Waals surface area contributed by atoms with Gasteiger partial charge in [-0.2, -0.15) is 0 Å². The second-order valence-electron chi connectivity index (χ2n) is 2.15. The third-order valence-electron chi connectivity index (χ3n) is 1.13. The quantitative estimate of drug-likeness (QED) is 0.475. The standard InChI is InChI=1S/C8H15NO2/c1-2-3-4-5-6-11-8(10)7-9/h4-5H,2-3,6-7,9H2,1H3. The summed E-state index contributed by atoms with van der Waals surface area (Å²) < 4.78 is 4.69. The van der Waals surface area contributed by atoms with Gasteiger partial charge in [0.05, 0.1) is 6.54 Å². The van der Waals surface area contributed by atoms with E-state index in [2.05, 4.69) is 11.7 Å². The van der Waals surface area contributed by atoms with E-state index in [9.17, 15) is 4.79 Å². The molecule has 0 radical (unpaired) electrons. The molecule has 0 aliphatic heterocycles. The van der Waals surface area contributed by atoms with E-state index in [0.717, 1.165) is 12.8 Å². The van der Waals surface area contributed by atoms with Crippen molar-refractivity contribution >= 4 is 5.97 Å². The summed E-state index contributed by atoms with van der Waals surface area (Å²) in [5.74, 6) is -0.355. The zero-order valence-corrected chi connectivity index (χ0v) is 6.88. The van der Waals surface area contributed by atoms with Gasteiger partial charge in [-0.25, -0.2) is 0 Å². The SMILES string of the molecule is CCCC=CCOC(=O)CN. The fraction of sp³-hybridized carbons (Fsp3) is 0.625. The van der Waals surface area contributed by atoms with Crippen molar-refractivity contribution in [2.24, 2.45) is 5.73 Å². The van der Waals surface area contributed by atoms with Gasteiger partial charge in [0, 0.05) is 0 Å². The zero-order valence-electron chi connectivity index (χ0n) is 6.88. The predicted molar refractivity (Wildman–Crippen MR) is 44.1 cm³/mol. The first-order chi connectivity index (χ1) is 5.31. The number of hydrogen-bond donors (Lipinski definition) is 1. The molecule has 3 heteroatoms. The molecular weight excluding hydrogens is 142 g/mol. The largest absolute Gasteiger partial charge is 0.461 e. The van der Waals surface area contributed by atoms with Crippen molar-refractivity contribution in [1.29, 1.82) is 0 Å². The van der Waals surface area contributed by atoms with Crippen LogP contribution in [0.2, 0.25) is 0 Å². The van der Waals surface area contributed by atoms with Gasteiger partial charge < -0.3 is 10.5 Å². The number of carbonyl (C=O) groups is 1. The van der Waals surface area contributed by atoms with E-state index in [4.69, 9.17) is 5.73 Å². The molecule has 0 rings (SSSR count). The number of rotatable bonds is 5. The number of carbonyl (C=O) groups excluding carboxylic acids is 1. The molecule has 0 amide bonds. The molecular formula is C8H15NO2. The maximum absolute atomic E-state index is 10.5. The van der Waals surface area contributed by atoms with E-state index in [1.807, 2.05) is 12.2 Å². The first kappa shape index (κ1) is 10.2. The third kappa shape index (κ3) is 7.06. The molecule has 0 saturated heterocycles. The highest BCUT2D eigenvalue weighted by atomic mass is 16.5. The Morgan fingerprint density at radius 3 is 2.82 bits per heavy atom. The van der Waals surface area contributed by atoms with Gasteiger partial charge in [0.1, 0.15) is 6.61 Å². The molecule has 0 fully saturated rings. The lowest BCUT2D eigenvalue weighted by atomic mass is 10.3. The average molecular weight is 157 g/mol. The number of unbranched alkanes of at least 4 members (excludes halogenated alkanes) is 1. The van der Waals surface area contributed by atoms with Gasteiger partial charge in [-0.3, -0.25) is 4.79 Å². The van der Waals surface area contributed by atoms with Gasteiger partial charge in [-0.1, -0.05) is 25.5 Å². The number of esters is 1. The van der Waals surface area contributed by atoms with Crippen LogP contribution >= 0.6 is 0 Å². The van der Waals surface area contributed by atoms with Crippen molar-refractivity contribution < 1.29 is 9.53 Å². The minimum absolute atomic E-state index is 0.0401. The number of ether oxygens (including phenoxy) is 1. The van der Waals surface area contributed by atoms with E-state index in [1.165, 1.54) is 0 Å². The van der Waals surface area contributed by atoms with E-state index in [-0.39, 0.29) is 12.5 Å². The van der Waals surface area contributed by atoms with Crippen molar-refractivity contribution in [3.63, 3.8) is 0 Å². The molecule has 0 aromatic rings. The number of hydrogen-bond acceptors (Lipinski definition) is 3. The van der Waals surface area contributed by atoms with Crippen molar-refractivity contribution in [3.05, 3.63) is 12.2 Å². The maximum atomic E-state index is 10.5. The van der Waals surface area contributed by atoms with E-state index in [0.29, 0.717) is 6.61 Å². The Morgan fingerprint density at radius 2 is 2.27 bits per heavy atom. The molecule has 0 unspecified atom stereocenters. The van der Waals surface area contributed by atoms with Crippen LogP contribution in [0.1, 0.15) is 19.8 Å². The van der Waals surface area contributed by atoms with Crippen LogP contribution in [0.4, 0.5) is 0 Å². The van der Waals surface area contributed by atoms with Crippen LogP contribution in [-0.2, 0) is 9.53 Å². The monoisotopic (exact) mass is 157 g/mol. The van der Waals surface area contributed by atoms with Crippen molar-refractivity contribution in [1.82, 2.24) is 0 Å². The van der Waals surface area contributed by atoms with Crippen LogP contribution in [0.3, 0.4) is 0 Å². The highest BCUT2D eigenvalue weighted by Gasteiger charge is 1.93. The molecule has 0 heterocycles. The average Bonchev–Trinajstić information content (AvgIpc) is 2.04. The molecule has 0 bridgehead atoms. The van der Waals surface area contributed by atoms with Gasteiger partial charge >= 0.3 is 5.97 Å². The Morgan fingerprint density at radius 1 is 1.55 bits per heavy atom. The molecule has 3 nitrogen and oxygen atoms in total. The highest BCUT2D eigenvalue weighted by Crippen LogP contribution is 1.88. The molecule has 0 aromatic carbocycles. The van der Waals surface area contributed by atoms with Crippen LogP contribution in [0.5, 0.6) is 0 Å².